The second-order valence-electron chi connectivity index (χ2n) is 4.15. The van der Waals surface area contributed by atoms with Gasteiger partial charge in [-0.2, -0.15) is 0 Å². The molecule has 1 N–H and O–H groups in total. The van der Waals surface area contributed by atoms with Gasteiger partial charge in [-0.1, -0.05) is 6.92 Å². The van der Waals surface area contributed by atoms with Gasteiger partial charge in [-0.05, 0) is 27.4 Å². The van der Waals surface area contributed by atoms with Crippen LogP contribution in [0.2, 0.25) is 0 Å². The number of carbonyl (C=O) groups is 1. The number of carbonyl (C=O) groups excluding carboxylic acids is 1. The van der Waals surface area contributed by atoms with Gasteiger partial charge in [0, 0.05) is 13.1 Å². The maximum absolute atomic E-state index is 11.7. The van der Waals surface area contributed by atoms with E-state index in [1.807, 2.05) is 25.9 Å². The largest absolute Gasteiger partial charge is 0.325 e. The normalized spacial score (nSPS) is 27.8. The molecule has 0 aromatic carbocycles. The molecule has 82 valence electrons. The summed E-state index contributed by atoms with van der Waals surface area (Å²) in [5, 5.41) is 3.28. The Kier molecular flexibility index (Phi) is 3.89. The van der Waals surface area contributed by atoms with E-state index in [2.05, 4.69) is 17.1 Å². The number of hydrogen-bond donors (Lipinski definition) is 1. The fraction of sp³-hybridized carbons (Fsp3) is 0.900. The molecule has 1 rings (SSSR count). The second kappa shape index (κ2) is 4.75. The van der Waals surface area contributed by atoms with Crippen LogP contribution in [0.15, 0.2) is 0 Å². The predicted molar refractivity (Wildman–Crippen MR) is 56.9 cm³/mol. The van der Waals surface area contributed by atoms with Crippen LogP contribution in [0.4, 0.5) is 0 Å². The van der Waals surface area contributed by atoms with Gasteiger partial charge in [-0.15, -0.1) is 0 Å². The lowest BCUT2D eigenvalue weighted by molar-refractivity contribution is -0.129. The van der Waals surface area contributed by atoms with Gasteiger partial charge in [-0.25, -0.2) is 0 Å². The van der Waals surface area contributed by atoms with Crippen LogP contribution in [-0.2, 0) is 4.79 Å². The maximum Gasteiger partial charge on any atom is 0.240 e. The topological polar surface area (TPSA) is 35.6 Å². The molecular formula is C10H21N3O. The van der Waals surface area contributed by atoms with Crippen LogP contribution in [0.1, 0.15) is 20.3 Å². The first-order chi connectivity index (χ1) is 6.56. The standard InChI is InChI=1S/C10H21N3O/c1-5-9-11-8(2)10(14)13(9)7-6-12(3)4/h8-9,11H,5-7H2,1-4H3. The monoisotopic (exact) mass is 199 g/mol. The van der Waals surface area contributed by atoms with Crippen LogP contribution in [-0.4, -0.2) is 55.1 Å². The van der Waals surface area contributed by atoms with Crippen molar-refractivity contribution in [1.82, 2.24) is 15.1 Å². The highest BCUT2D eigenvalue weighted by Gasteiger charge is 2.34. The van der Waals surface area contributed by atoms with E-state index >= 15 is 0 Å². The molecule has 1 heterocycles. The number of amides is 1. The van der Waals surface area contributed by atoms with Crippen molar-refractivity contribution in [1.29, 1.82) is 0 Å². The van der Waals surface area contributed by atoms with Crippen molar-refractivity contribution in [2.24, 2.45) is 0 Å². The average Bonchev–Trinajstić information content (AvgIpc) is 2.40. The fourth-order valence-corrected chi connectivity index (χ4v) is 1.76. The average molecular weight is 199 g/mol. The maximum atomic E-state index is 11.7. The molecule has 0 spiro atoms. The molecule has 0 aromatic rings. The smallest absolute Gasteiger partial charge is 0.240 e. The van der Waals surface area contributed by atoms with E-state index in [1.54, 1.807) is 0 Å². The van der Waals surface area contributed by atoms with E-state index in [0.717, 1.165) is 19.5 Å². The van der Waals surface area contributed by atoms with Gasteiger partial charge in [-0.3, -0.25) is 10.1 Å². The van der Waals surface area contributed by atoms with Crippen molar-refractivity contribution in [3.63, 3.8) is 0 Å². The molecule has 4 nitrogen and oxygen atoms in total. The van der Waals surface area contributed by atoms with Crippen molar-refractivity contribution < 1.29 is 4.79 Å². The van der Waals surface area contributed by atoms with E-state index < -0.39 is 0 Å². The first-order valence-corrected chi connectivity index (χ1v) is 5.27. The lowest BCUT2D eigenvalue weighted by Crippen LogP contribution is -2.40. The lowest BCUT2D eigenvalue weighted by Gasteiger charge is -2.24. The van der Waals surface area contributed by atoms with Crippen molar-refractivity contribution in [2.75, 3.05) is 27.2 Å². The molecule has 1 aliphatic heterocycles. The molecule has 2 unspecified atom stereocenters. The van der Waals surface area contributed by atoms with Gasteiger partial charge in [0.05, 0.1) is 12.2 Å². The summed E-state index contributed by atoms with van der Waals surface area (Å²) in [5.41, 5.74) is 0. The SMILES string of the molecule is CCC1NC(C)C(=O)N1CCN(C)C. The molecule has 0 aromatic heterocycles. The van der Waals surface area contributed by atoms with Crippen molar-refractivity contribution in [3.05, 3.63) is 0 Å². The minimum atomic E-state index is -0.0119. The molecule has 0 saturated carbocycles. The number of rotatable bonds is 4. The van der Waals surface area contributed by atoms with Crippen molar-refractivity contribution in [2.45, 2.75) is 32.5 Å². The molecule has 14 heavy (non-hydrogen) atoms. The van der Waals surface area contributed by atoms with Gasteiger partial charge in [0.1, 0.15) is 0 Å². The summed E-state index contributed by atoms with van der Waals surface area (Å²) in [6.45, 7) is 5.78. The van der Waals surface area contributed by atoms with E-state index in [4.69, 9.17) is 0 Å². The first-order valence-electron chi connectivity index (χ1n) is 5.27. The molecular weight excluding hydrogens is 178 g/mol. The Morgan fingerprint density at radius 2 is 2.14 bits per heavy atom. The summed E-state index contributed by atoms with van der Waals surface area (Å²) in [6, 6.07) is -0.0119. The van der Waals surface area contributed by atoms with Gasteiger partial charge in [0.25, 0.3) is 0 Å². The van der Waals surface area contributed by atoms with Gasteiger partial charge in [0.2, 0.25) is 5.91 Å². The zero-order valence-electron chi connectivity index (χ0n) is 9.58. The third kappa shape index (κ3) is 2.45. The van der Waals surface area contributed by atoms with E-state index in [1.165, 1.54) is 0 Å². The molecule has 1 aliphatic rings. The van der Waals surface area contributed by atoms with Crippen LogP contribution in [0.25, 0.3) is 0 Å². The Bertz CT molecular complexity index is 206. The summed E-state index contributed by atoms with van der Waals surface area (Å²) in [5.74, 6) is 0.235. The van der Waals surface area contributed by atoms with Crippen LogP contribution in [0.5, 0.6) is 0 Å². The Morgan fingerprint density at radius 1 is 1.50 bits per heavy atom. The fourth-order valence-electron chi connectivity index (χ4n) is 1.76. The zero-order valence-corrected chi connectivity index (χ0v) is 9.58. The summed E-state index contributed by atoms with van der Waals surface area (Å²) < 4.78 is 0. The summed E-state index contributed by atoms with van der Waals surface area (Å²) in [6.07, 6.45) is 1.21. The van der Waals surface area contributed by atoms with Crippen LogP contribution in [0.3, 0.4) is 0 Å². The molecule has 0 bridgehead atoms. The quantitative estimate of drug-likeness (QED) is 0.698. The lowest BCUT2D eigenvalue weighted by atomic mass is 10.3. The number of likely N-dealkylation sites (N-methyl/N-ethyl adjacent to an activating group) is 1. The highest BCUT2D eigenvalue weighted by Crippen LogP contribution is 2.12. The van der Waals surface area contributed by atoms with E-state index in [0.29, 0.717) is 0 Å². The molecule has 1 saturated heterocycles. The molecule has 0 aliphatic carbocycles. The Morgan fingerprint density at radius 3 is 2.64 bits per heavy atom. The highest BCUT2D eigenvalue weighted by atomic mass is 16.2. The minimum absolute atomic E-state index is 0.0119. The van der Waals surface area contributed by atoms with Gasteiger partial charge >= 0.3 is 0 Å². The van der Waals surface area contributed by atoms with Crippen LogP contribution in [0, 0.1) is 0 Å². The Balaban J connectivity index is 2.51. The third-order valence-electron chi connectivity index (χ3n) is 2.65. The molecule has 2 atom stereocenters. The number of hydrogen-bond acceptors (Lipinski definition) is 3. The third-order valence-corrected chi connectivity index (χ3v) is 2.65. The second-order valence-corrected chi connectivity index (χ2v) is 4.15. The van der Waals surface area contributed by atoms with E-state index in [9.17, 15) is 4.79 Å². The highest BCUT2D eigenvalue weighted by molar-refractivity contribution is 5.83. The minimum Gasteiger partial charge on any atom is -0.325 e. The number of nitrogens with zero attached hydrogens (tertiary/aromatic N) is 2. The first kappa shape index (κ1) is 11.5. The molecule has 1 fully saturated rings. The molecule has 4 heteroatoms. The van der Waals surface area contributed by atoms with Crippen LogP contribution < -0.4 is 5.32 Å². The zero-order chi connectivity index (χ0) is 10.7. The van der Waals surface area contributed by atoms with Crippen molar-refractivity contribution in [3.8, 4) is 0 Å². The molecule has 1 amide bonds. The Hall–Kier alpha value is -0.610. The summed E-state index contributed by atoms with van der Waals surface area (Å²) >= 11 is 0. The van der Waals surface area contributed by atoms with Crippen molar-refractivity contribution >= 4 is 5.91 Å². The van der Waals surface area contributed by atoms with Gasteiger partial charge in [0.15, 0.2) is 0 Å². The summed E-state index contributed by atoms with van der Waals surface area (Å²) in [7, 11) is 4.05. The van der Waals surface area contributed by atoms with Gasteiger partial charge < -0.3 is 9.80 Å². The van der Waals surface area contributed by atoms with Crippen LogP contribution >= 0.6 is 0 Å². The number of nitrogens with one attached hydrogen (secondary N) is 1. The van der Waals surface area contributed by atoms with E-state index in [-0.39, 0.29) is 18.1 Å². The predicted octanol–water partition coefficient (Wildman–Crippen LogP) is 0.104. The Labute approximate surface area is 86.2 Å². The molecule has 0 radical (unpaired) electrons. The summed E-state index contributed by atoms with van der Waals surface area (Å²) in [4.78, 5) is 15.8.